The van der Waals surface area contributed by atoms with Gasteiger partial charge < -0.3 is 9.64 Å². The van der Waals surface area contributed by atoms with Crippen molar-refractivity contribution < 1.29 is 4.74 Å². The van der Waals surface area contributed by atoms with E-state index in [1.54, 1.807) is 13.3 Å². The number of ether oxygens (including phenoxy) is 1. The summed E-state index contributed by atoms with van der Waals surface area (Å²) < 4.78 is 5.18. The summed E-state index contributed by atoms with van der Waals surface area (Å²) in [4.78, 5) is 10.1. The number of nitrogens with zero attached hydrogens (tertiary/aromatic N) is 3. The standard InChI is InChI=1S/C12H12ClN3O/c1-16(12-8-14-7-11(13)15-12)9-4-3-5-10(6-9)17-2/h3-8H,1-2H3. The maximum absolute atomic E-state index is 5.81. The molecule has 4 nitrogen and oxygen atoms in total. The molecule has 0 aliphatic carbocycles. The van der Waals surface area contributed by atoms with Crippen LogP contribution in [0, 0.1) is 0 Å². The number of hydrogen-bond donors (Lipinski definition) is 0. The van der Waals surface area contributed by atoms with Crippen molar-refractivity contribution in [1.29, 1.82) is 0 Å². The average molecular weight is 250 g/mol. The number of aromatic nitrogens is 2. The van der Waals surface area contributed by atoms with Gasteiger partial charge in [0.25, 0.3) is 0 Å². The second-order valence-corrected chi connectivity index (χ2v) is 3.85. The van der Waals surface area contributed by atoms with Crippen molar-refractivity contribution in [2.24, 2.45) is 0 Å². The van der Waals surface area contributed by atoms with Gasteiger partial charge in [0.2, 0.25) is 0 Å². The number of anilines is 2. The summed E-state index contributed by atoms with van der Waals surface area (Å²) in [7, 11) is 3.54. The van der Waals surface area contributed by atoms with Crippen LogP contribution in [-0.2, 0) is 0 Å². The lowest BCUT2D eigenvalue weighted by Gasteiger charge is -2.18. The SMILES string of the molecule is COc1cccc(N(C)c2cncc(Cl)n2)c1. The fourth-order valence-corrected chi connectivity index (χ4v) is 1.59. The van der Waals surface area contributed by atoms with Crippen molar-refractivity contribution in [3.8, 4) is 5.75 Å². The first-order valence-corrected chi connectivity index (χ1v) is 5.44. The molecule has 2 aromatic rings. The van der Waals surface area contributed by atoms with Gasteiger partial charge in [-0.25, -0.2) is 4.98 Å². The lowest BCUT2D eigenvalue weighted by Crippen LogP contribution is -2.11. The molecule has 0 saturated heterocycles. The molecule has 0 unspecified atom stereocenters. The minimum absolute atomic E-state index is 0.372. The second kappa shape index (κ2) is 5.01. The van der Waals surface area contributed by atoms with Crippen LogP contribution in [0.2, 0.25) is 5.15 Å². The topological polar surface area (TPSA) is 38.2 Å². The molecular weight excluding hydrogens is 238 g/mol. The summed E-state index contributed by atoms with van der Waals surface area (Å²) in [6.45, 7) is 0. The van der Waals surface area contributed by atoms with Gasteiger partial charge in [0.15, 0.2) is 5.82 Å². The van der Waals surface area contributed by atoms with Gasteiger partial charge in [0, 0.05) is 18.8 Å². The first kappa shape index (κ1) is 11.7. The highest BCUT2D eigenvalue weighted by atomic mass is 35.5. The Labute approximate surface area is 105 Å². The van der Waals surface area contributed by atoms with Crippen molar-refractivity contribution in [3.05, 3.63) is 41.8 Å². The van der Waals surface area contributed by atoms with Crippen LogP contribution in [0.3, 0.4) is 0 Å². The predicted octanol–water partition coefficient (Wildman–Crippen LogP) is 2.91. The second-order valence-electron chi connectivity index (χ2n) is 3.46. The summed E-state index contributed by atoms with van der Waals surface area (Å²) in [6, 6.07) is 7.69. The molecule has 17 heavy (non-hydrogen) atoms. The summed E-state index contributed by atoms with van der Waals surface area (Å²) in [5.74, 6) is 1.48. The number of rotatable bonds is 3. The van der Waals surface area contributed by atoms with Crippen LogP contribution in [0.15, 0.2) is 36.7 Å². The largest absolute Gasteiger partial charge is 0.497 e. The van der Waals surface area contributed by atoms with Gasteiger partial charge in [0.1, 0.15) is 10.9 Å². The summed E-state index contributed by atoms with van der Waals surface area (Å²) in [5, 5.41) is 0.372. The van der Waals surface area contributed by atoms with Crippen molar-refractivity contribution in [3.63, 3.8) is 0 Å². The summed E-state index contributed by atoms with van der Waals surface area (Å²) in [6.07, 6.45) is 3.16. The smallest absolute Gasteiger partial charge is 0.153 e. The molecule has 0 radical (unpaired) electrons. The van der Waals surface area contributed by atoms with Crippen LogP contribution >= 0.6 is 11.6 Å². The molecule has 0 aliphatic rings. The zero-order valence-corrected chi connectivity index (χ0v) is 10.3. The molecular formula is C12H12ClN3O. The Balaban J connectivity index is 2.33. The molecule has 1 heterocycles. The molecule has 0 atom stereocenters. The van der Waals surface area contributed by atoms with Crippen LogP contribution in [0.1, 0.15) is 0 Å². The average Bonchev–Trinajstić information content (AvgIpc) is 2.38. The molecule has 0 aliphatic heterocycles. The zero-order chi connectivity index (χ0) is 12.3. The van der Waals surface area contributed by atoms with Crippen molar-refractivity contribution in [2.75, 3.05) is 19.1 Å². The third-order valence-electron chi connectivity index (χ3n) is 2.38. The normalized spacial score (nSPS) is 10.1. The Bertz CT molecular complexity index is 519. The van der Waals surface area contributed by atoms with Crippen LogP contribution in [-0.4, -0.2) is 24.1 Å². The molecule has 5 heteroatoms. The number of halogens is 1. The molecule has 0 bridgehead atoms. The first-order valence-electron chi connectivity index (χ1n) is 5.06. The van der Waals surface area contributed by atoms with Crippen molar-refractivity contribution >= 4 is 23.1 Å². The zero-order valence-electron chi connectivity index (χ0n) is 9.59. The maximum Gasteiger partial charge on any atom is 0.153 e. The van der Waals surface area contributed by atoms with Crippen LogP contribution in [0.25, 0.3) is 0 Å². The fourth-order valence-electron chi connectivity index (χ4n) is 1.45. The third-order valence-corrected chi connectivity index (χ3v) is 2.56. The lowest BCUT2D eigenvalue weighted by molar-refractivity contribution is 0.415. The monoisotopic (exact) mass is 249 g/mol. The molecule has 0 fully saturated rings. The Morgan fingerprint density at radius 3 is 2.82 bits per heavy atom. The quantitative estimate of drug-likeness (QED) is 0.838. The van der Waals surface area contributed by atoms with E-state index in [9.17, 15) is 0 Å². The minimum atomic E-state index is 0.372. The summed E-state index contributed by atoms with van der Waals surface area (Å²) in [5.41, 5.74) is 0.959. The van der Waals surface area contributed by atoms with Crippen LogP contribution < -0.4 is 9.64 Å². The van der Waals surface area contributed by atoms with E-state index in [-0.39, 0.29) is 0 Å². The number of hydrogen-bond acceptors (Lipinski definition) is 4. The van der Waals surface area contributed by atoms with Gasteiger partial charge in [-0.2, -0.15) is 0 Å². The number of benzene rings is 1. The van der Waals surface area contributed by atoms with E-state index in [4.69, 9.17) is 16.3 Å². The van der Waals surface area contributed by atoms with E-state index in [1.807, 2.05) is 36.2 Å². The molecule has 0 N–H and O–H groups in total. The van der Waals surface area contributed by atoms with E-state index in [0.29, 0.717) is 11.0 Å². The van der Waals surface area contributed by atoms with Gasteiger partial charge >= 0.3 is 0 Å². The third kappa shape index (κ3) is 2.65. The van der Waals surface area contributed by atoms with Gasteiger partial charge in [-0.3, -0.25) is 4.98 Å². The molecule has 0 amide bonds. The van der Waals surface area contributed by atoms with Crippen LogP contribution in [0.5, 0.6) is 5.75 Å². The molecule has 0 saturated carbocycles. The lowest BCUT2D eigenvalue weighted by atomic mass is 10.3. The Morgan fingerprint density at radius 1 is 1.29 bits per heavy atom. The maximum atomic E-state index is 5.81. The minimum Gasteiger partial charge on any atom is -0.497 e. The van der Waals surface area contributed by atoms with E-state index in [0.717, 1.165) is 11.4 Å². The van der Waals surface area contributed by atoms with Gasteiger partial charge in [-0.1, -0.05) is 17.7 Å². The van der Waals surface area contributed by atoms with E-state index >= 15 is 0 Å². The Kier molecular flexibility index (Phi) is 3.44. The van der Waals surface area contributed by atoms with Crippen molar-refractivity contribution in [2.45, 2.75) is 0 Å². The predicted molar refractivity (Wildman–Crippen MR) is 68.1 cm³/mol. The van der Waals surface area contributed by atoms with E-state index < -0.39 is 0 Å². The summed E-state index contributed by atoms with van der Waals surface area (Å²) >= 11 is 5.81. The number of methoxy groups -OCH3 is 1. The molecule has 0 spiro atoms. The molecule has 1 aromatic carbocycles. The Hall–Kier alpha value is -1.81. The highest BCUT2D eigenvalue weighted by molar-refractivity contribution is 6.29. The highest BCUT2D eigenvalue weighted by Crippen LogP contribution is 2.25. The van der Waals surface area contributed by atoms with Gasteiger partial charge in [0.05, 0.1) is 19.5 Å². The fraction of sp³-hybridized carbons (Fsp3) is 0.167. The molecule has 88 valence electrons. The van der Waals surface area contributed by atoms with Crippen LogP contribution in [0.4, 0.5) is 11.5 Å². The van der Waals surface area contributed by atoms with Crippen molar-refractivity contribution in [1.82, 2.24) is 9.97 Å². The van der Waals surface area contributed by atoms with E-state index in [2.05, 4.69) is 9.97 Å². The van der Waals surface area contributed by atoms with Gasteiger partial charge in [-0.05, 0) is 12.1 Å². The molecule has 2 rings (SSSR count). The Morgan fingerprint density at radius 2 is 2.12 bits per heavy atom. The van der Waals surface area contributed by atoms with Gasteiger partial charge in [-0.15, -0.1) is 0 Å². The highest BCUT2D eigenvalue weighted by Gasteiger charge is 2.07. The van der Waals surface area contributed by atoms with E-state index in [1.165, 1.54) is 6.20 Å². The first-order chi connectivity index (χ1) is 8.20. The molecule has 1 aromatic heterocycles.